The number of hydrogen-bond donors (Lipinski definition) is 2. The predicted molar refractivity (Wildman–Crippen MR) is 139 cm³/mol. The second kappa shape index (κ2) is 8.80. The number of nitrogens with zero attached hydrogens (tertiary/aromatic N) is 1. The summed E-state index contributed by atoms with van der Waals surface area (Å²) in [7, 11) is 0. The van der Waals surface area contributed by atoms with Gasteiger partial charge >= 0.3 is 0 Å². The fraction of sp³-hybridized carbons (Fsp3) is 0.774. The predicted octanol–water partition coefficient (Wildman–Crippen LogP) is 6.83. The summed E-state index contributed by atoms with van der Waals surface area (Å²) >= 11 is 0. The average molecular weight is 498 g/mol. The number of aliphatic hydroxyl groups is 2. The molecule has 4 nitrogen and oxygen atoms in total. The molecule has 4 saturated carbocycles. The number of hydrogen-bond acceptors (Lipinski definition) is 4. The Labute approximate surface area is 215 Å². The monoisotopic (exact) mass is 497 g/mol. The highest BCUT2D eigenvalue weighted by atomic mass is 19.1. The minimum absolute atomic E-state index is 0.179. The first-order chi connectivity index (χ1) is 17.1. The van der Waals surface area contributed by atoms with Crippen LogP contribution in [-0.4, -0.2) is 27.4 Å². The fourth-order valence-corrected chi connectivity index (χ4v) is 9.93. The summed E-state index contributed by atoms with van der Waals surface area (Å²) in [4.78, 5) is 4.57. The van der Waals surface area contributed by atoms with Gasteiger partial charge in [-0.05, 0) is 123 Å². The highest BCUT2D eigenvalue weighted by molar-refractivity contribution is 5.73. The number of fused-ring (bicyclic) bond motifs is 6. The van der Waals surface area contributed by atoms with E-state index in [4.69, 9.17) is 4.42 Å². The highest BCUT2D eigenvalue weighted by Gasteiger charge is 2.62. The number of oxazole rings is 1. The van der Waals surface area contributed by atoms with Gasteiger partial charge in [0, 0.05) is 12.5 Å². The maximum atomic E-state index is 13.9. The van der Waals surface area contributed by atoms with Crippen LogP contribution in [0, 0.1) is 59.1 Å². The van der Waals surface area contributed by atoms with Gasteiger partial charge in [-0.1, -0.05) is 20.8 Å². The van der Waals surface area contributed by atoms with E-state index in [1.165, 1.54) is 31.7 Å². The largest absolute Gasteiger partial charge is 0.441 e. The van der Waals surface area contributed by atoms with E-state index in [9.17, 15) is 14.6 Å². The summed E-state index contributed by atoms with van der Waals surface area (Å²) in [5, 5.41) is 21.8. The Kier molecular flexibility index (Phi) is 6.07. The van der Waals surface area contributed by atoms with Crippen LogP contribution in [0.4, 0.5) is 4.39 Å². The van der Waals surface area contributed by atoms with Gasteiger partial charge in [0.1, 0.15) is 11.3 Å². The van der Waals surface area contributed by atoms with E-state index in [0.717, 1.165) is 38.5 Å². The molecule has 2 N–H and O–H groups in total. The van der Waals surface area contributed by atoms with Gasteiger partial charge in [-0.15, -0.1) is 0 Å². The average Bonchev–Trinajstić information content (AvgIpc) is 3.39. The zero-order chi connectivity index (χ0) is 25.4. The first kappa shape index (κ1) is 24.9. The summed E-state index contributed by atoms with van der Waals surface area (Å²) in [5.41, 5.74) is 2.43. The number of aromatic nitrogens is 1. The van der Waals surface area contributed by atoms with Gasteiger partial charge in [-0.2, -0.15) is 0 Å². The van der Waals surface area contributed by atoms with Crippen molar-refractivity contribution in [2.45, 2.75) is 104 Å². The number of rotatable bonds is 4. The third kappa shape index (κ3) is 3.78. The second-order valence-corrected chi connectivity index (χ2v) is 13.6. The third-order valence-electron chi connectivity index (χ3n) is 11.9. The van der Waals surface area contributed by atoms with Gasteiger partial charge in [-0.25, -0.2) is 9.37 Å². The van der Waals surface area contributed by atoms with Crippen LogP contribution in [0.5, 0.6) is 0 Å². The lowest BCUT2D eigenvalue weighted by atomic mass is 9.43. The molecule has 1 heterocycles. The highest BCUT2D eigenvalue weighted by Crippen LogP contribution is 2.68. The molecule has 10 atom stereocenters. The molecule has 1 aromatic heterocycles. The van der Waals surface area contributed by atoms with Crippen LogP contribution in [0.2, 0.25) is 0 Å². The number of aliphatic hydroxyl groups excluding tert-OH is 2. The van der Waals surface area contributed by atoms with E-state index in [1.54, 1.807) is 13.0 Å². The van der Waals surface area contributed by atoms with E-state index in [2.05, 4.69) is 25.8 Å². The van der Waals surface area contributed by atoms with Gasteiger partial charge in [0.05, 0.1) is 12.2 Å². The molecule has 4 aliphatic rings. The molecule has 198 valence electrons. The molecule has 36 heavy (non-hydrogen) atoms. The Hall–Kier alpha value is -1.46. The van der Waals surface area contributed by atoms with Crippen LogP contribution in [0.15, 0.2) is 16.5 Å². The molecule has 5 heteroatoms. The van der Waals surface area contributed by atoms with Crippen molar-refractivity contribution in [3.05, 3.63) is 29.4 Å². The number of halogens is 1. The van der Waals surface area contributed by atoms with Crippen molar-refractivity contribution in [3.8, 4) is 0 Å². The van der Waals surface area contributed by atoms with Gasteiger partial charge in [0.25, 0.3) is 0 Å². The maximum absolute atomic E-state index is 13.9. The third-order valence-corrected chi connectivity index (χ3v) is 11.9. The van der Waals surface area contributed by atoms with E-state index in [-0.39, 0.29) is 28.9 Å². The Morgan fingerprint density at radius 3 is 2.61 bits per heavy atom. The second-order valence-electron chi connectivity index (χ2n) is 13.6. The van der Waals surface area contributed by atoms with Gasteiger partial charge < -0.3 is 14.6 Å². The van der Waals surface area contributed by atoms with E-state index < -0.39 is 0 Å². The molecule has 2 aromatic rings. The topological polar surface area (TPSA) is 66.5 Å². The molecule has 4 fully saturated rings. The van der Waals surface area contributed by atoms with Crippen molar-refractivity contribution in [2.75, 3.05) is 0 Å². The van der Waals surface area contributed by atoms with Crippen molar-refractivity contribution in [1.29, 1.82) is 0 Å². The van der Waals surface area contributed by atoms with Crippen LogP contribution in [0.1, 0.15) is 90.0 Å². The zero-order valence-corrected chi connectivity index (χ0v) is 22.5. The quantitative estimate of drug-likeness (QED) is 0.486. The summed E-state index contributed by atoms with van der Waals surface area (Å²) in [6.45, 7) is 9.16. The molecule has 1 aromatic carbocycles. The van der Waals surface area contributed by atoms with Crippen LogP contribution >= 0.6 is 0 Å². The molecule has 4 aliphatic carbocycles. The molecule has 0 aliphatic heterocycles. The molecule has 1 unspecified atom stereocenters. The molecular weight excluding hydrogens is 453 g/mol. The van der Waals surface area contributed by atoms with Crippen molar-refractivity contribution < 1.29 is 19.0 Å². The summed E-state index contributed by atoms with van der Waals surface area (Å²) in [6, 6.07) is 3.23. The van der Waals surface area contributed by atoms with Crippen LogP contribution in [-0.2, 0) is 6.42 Å². The Morgan fingerprint density at radius 1 is 1.06 bits per heavy atom. The van der Waals surface area contributed by atoms with Crippen molar-refractivity contribution >= 4 is 11.1 Å². The van der Waals surface area contributed by atoms with E-state index in [0.29, 0.717) is 58.1 Å². The molecular formula is C31H44FNO3. The standard InChI is InChI=1S/C31H44FNO3/c1-17(5-8-28-33-25-16-24(32)18(2)13-27(25)36-28)21-6-7-22-29-23(10-12-31(21,22)4)30(3)11-9-20(34)14-19(30)15-26(29)35/h13,16-17,19-23,26,29,34-35H,5-12,14-15H2,1-4H3/t17?,19-,20+,21+,22-,23-,26+,29-,30-,31+/m0/s1. The number of aryl methyl sites for hydroxylation is 2. The van der Waals surface area contributed by atoms with Gasteiger partial charge in [0.15, 0.2) is 11.5 Å². The van der Waals surface area contributed by atoms with Gasteiger partial charge in [-0.3, -0.25) is 0 Å². The molecule has 0 bridgehead atoms. The van der Waals surface area contributed by atoms with Crippen LogP contribution in [0.3, 0.4) is 0 Å². The van der Waals surface area contributed by atoms with E-state index in [1.807, 2.05) is 0 Å². The molecule has 0 radical (unpaired) electrons. The van der Waals surface area contributed by atoms with Crippen LogP contribution in [0.25, 0.3) is 11.1 Å². The molecule has 0 spiro atoms. The Bertz CT molecular complexity index is 1090. The van der Waals surface area contributed by atoms with Crippen molar-refractivity contribution in [3.63, 3.8) is 0 Å². The van der Waals surface area contributed by atoms with Crippen molar-refractivity contribution in [1.82, 2.24) is 4.98 Å². The van der Waals surface area contributed by atoms with Crippen molar-refractivity contribution in [2.24, 2.45) is 46.3 Å². The summed E-state index contributed by atoms with van der Waals surface area (Å²) in [5.74, 6) is 3.75. The lowest BCUT2D eigenvalue weighted by Gasteiger charge is -2.62. The van der Waals surface area contributed by atoms with E-state index >= 15 is 0 Å². The molecule has 6 rings (SSSR count). The summed E-state index contributed by atoms with van der Waals surface area (Å²) < 4.78 is 19.9. The number of benzene rings is 1. The van der Waals surface area contributed by atoms with Gasteiger partial charge in [0.2, 0.25) is 0 Å². The lowest BCUT2D eigenvalue weighted by molar-refractivity contribution is -0.174. The minimum atomic E-state index is -0.231. The zero-order valence-electron chi connectivity index (χ0n) is 22.5. The Morgan fingerprint density at radius 2 is 1.81 bits per heavy atom. The Balaban J connectivity index is 1.17. The lowest BCUT2D eigenvalue weighted by Crippen LogP contribution is -2.58. The summed E-state index contributed by atoms with van der Waals surface area (Å²) in [6.07, 6.45) is 10.1. The SMILES string of the molecule is Cc1cc2oc(CCC(C)[C@H]3CC[C@H]4[C@@H]5[C@H](O)C[C@@H]6C[C@H](O)CC[C@]6(C)[C@H]5CC[C@]34C)nc2cc1F. The normalized spacial score (nSPS) is 43.1. The smallest absolute Gasteiger partial charge is 0.195 e. The molecule has 0 saturated heterocycles. The van der Waals surface area contributed by atoms with Crippen LogP contribution < -0.4 is 0 Å². The fourth-order valence-electron chi connectivity index (χ4n) is 9.93. The maximum Gasteiger partial charge on any atom is 0.195 e. The minimum Gasteiger partial charge on any atom is -0.441 e. The first-order valence-electron chi connectivity index (χ1n) is 14.5. The molecule has 0 amide bonds. The first-order valence-corrected chi connectivity index (χ1v) is 14.5.